The Morgan fingerprint density at radius 2 is 1.96 bits per heavy atom. The average molecular weight is 401 g/mol. The van der Waals surface area contributed by atoms with Gasteiger partial charge in [-0.25, -0.2) is 4.98 Å². The number of carbonyl (C=O) groups is 1. The van der Waals surface area contributed by atoms with Crippen LogP contribution in [-0.4, -0.2) is 68.1 Å². The summed E-state index contributed by atoms with van der Waals surface area (Å²) in [5, 5.41) is 8.61. The molecule has 0 bridgehead atoms. The monoisotopic (exact) mass is 400 g/mol. The number of piperazine rings is 1. The van der Waals surface area contributed by atoms with Gasteiger partial charge in [-0.3, -0.25) is 9.79 Å². The van der Waals surface area contributed by atoms with Gasteiger partial charge in [0.15, 0.2) is 5.96 Å². The number of amides is 1. The van der Waals surface area contributed by atoms with Crippen molar-refractivity contribution in [3.8, 4) is 0 Å². The molecule has 150 valence electrons. The van der Waals surface area contributed by atoms with Gasteiger partial charge in [0, 0.05) is 63.8 Å². The minimum atomic E-state index is 0.183. The zero-order valence-electron chi connectivity index (χ0n) is 16.3. The summed E-state index contributed by atoms with van der Waals surface area (Å²) in [4.78, 5) is 26.6. The van der Waals surface area contributed by atoms with Gasteiger partial charge in [0.05, 0.1) is 0 Å². The van der Waals surface area contributed by atoms with Gasteiger partial charge < -0.3 is 20.4 Å². The van der Waals surface area contributed by atoms with Crippen molar-refractivity contribution in [3.63, 3.8) is 0 Å². The number of thiophene rings is 1. The Hall–Kier alpha value is -2.61. The first-order valence-electron chi connectivity index (χ1n) is 9.67. The van der Waals surface area contributed by atoms with Crippen LogP contribution in [0, 0.1) is 0 Å². The molecule has 28 heavy (non-hydrogen) atoms. The highest BCUT2D eigenvalue weighted by Crippen LogP contribution is 2.13. The van der Waals surface area contributed by atoms with E-state index in [-0.39, 0.29) is 5.91 Å². The summed E-state index contributed by atoms with van der Waals surface area (Å²) < 4.78 is 0. The molecule has 2 aromatic heterocycles. The molecule has 0 spiro atoms. The van der Waals surface area contributed by atoms with E-state index in [1.807, 2.05) is 23.1 Å². The Morgan fingerprint density at radius 1 is 1.14 bits per heavy atom. The van der Waals surface area contributed by atoms with Crippen molar-refractivity contribution in [3.05, 3.63) is 46.8 Å². The number of aromatic nitrogens is 1. The van der Waals surface area contributed by atoms with E-state index in [1.165, 1.54) is 4.88 Å². The van der Waals surface area contributed by atoms with E-state index in [0.29, 0.717) is 13.0 Å². The van der Waals surface area contributed by atoms with Gasteiger partial charge in [0.1, 0.15) is 5.82 Å². The molecule has 1 amide bonds. The number of nitrogens with one attached hydrogen (secondary N) is 2. The highest BCUT2D eigenvalue weighted by Gasteiger charge is 2.21. The third-order valence-electron chi connectivity index (χ3n) is 4.70. The van der Waals surface area contributed by atoms with Crippen LogP contribution in [0.25, 0.3) is 0 Å². The molecular formula is C20H28N6OS. The molecule has 0 saturated carbocycles. The molecule has 2 N–H and O–H groups in total. The Kier molecular flexibility index (Phi) is 7.66. The lowest BCUT2D eigenvalue weighted by Crippen LogP contribution is -2.49. The first-order chi connectivity index (χ1) is 13.8. The zero-order valence-corrected chi connectivity index (χ0v) is 17.1. The lowest BCUT2D eigenvalue weighted by Gasteiger charge is -2.35. The van der Waals surface area contributed by atoms with E-state index >= 15 is 0 Å². The predicted molar refractivity (Wildman–Crippen MR) is 115 cm³/mol. The lowest BCUT2D eigenvalue weighted by molar-refractivity contribution is -0.131. The molecule has 1 fully saturated rings. The molecule has 0 atom stereocenters. The molecule has 0 unspecified atom stereocenters. The maximum Gasteiger partial charge on any atom is 0.224 e. The van der Waals surface area contributed by atoms with E-state index in [1.54, 1.807) is 24.6 Å². The number of anilines is 1. The largest absolute Gasteiger partial charge is 0.356 e. The minimum absolute atomic E-state index is 0.183. The highest BCUT2D eigenvalue weighted by molar-refractivity contribution is 7.09. The fraction of sp³-hybridized carbons (Fsp3) is 0.450. The number of nitrogens with zero attached hydrogens (tertiary/aromatic N) is 4. The highest BCUT2D eigenvalue weighted by atomic mass is 32.1. The minimum Gasteiger partial charge on any atom is -0.356 e. The molecule has 8 heteroatoms. The van der Waals surface area contributed by atoms with Gasteiger partial charge in [-0.1, -0.05) is 12.1 Å². The van der Waals surface area contributed by atoms with Gasteiger partial charge in [-0.15, -0.1) is 11.3 Å². The van der Waals surface area contributed by atoms with Gasteiger partial charge >= 0.3 is 0 Å². The van der Waals surface area contributed by atoms with Crippen molar-refractivity contribution in [2.24, 2.45) is 4.99 Å². The summed E-state index contributed by atoms with van der Waals surface area (Å²) in [5.41, 5.74) is 0. The Balaban J connectivity index is 1.32. The summed E-state index contributed by atoms with van der Waals surface area (Å²) in [6.07, 6.45) is 3.24. The van der Waals surface area contributed by atoms with E-state index in [4.69, 9.17) is 0 Å². The van der Waals surface area contributed by atoms with Gasteiger partial charge in [0.2, 0.25) is 5.91 Å². The molecule has 3 rings (SSSR count). The Morgan fingerprint density at radius 3 is 2.64 bits per heavy atom. The van der Waals surface area contributed by atoms with Crippen LogP contribution in [0.3, 0.4) is 0 Å². The number of aliphatic imine (C=N–C) groups is 1. The standard InChI is InChI=1S/C20H28N6OS/c1-21-20(23-10-7-17-5-4-16-28-17)24-11-8-19(27)26-14-12-25(13-15-26)18-6-2-3-9-22-18/h2-6,9,16H,7-8,10-15H2,1H3,(H2,21,23,24). The van der Waals surface area contributed by atoms with Gasteiger partial charge in [-0.2, -0.15) is 0 Å². The van der Waals surface area contributed by atoms with Crippen LogP contribution < -0.4 is 15.5 Å². The zero-order chi connectivity index (χ0) is 19.6. The number of guanidine groups is 1. The van der Waals surface area contributed by atoms with Crippen molar-refractivity contribution in [1.82, 2.24) is 20.5 Å². The smallest absolute Gasteiger partial charge is 0.224 e. The number of hydrogen-bond acceptors (Lipinski definition) is 5. The van der Waals surface area contributed by atoms with Crippen molar-refractivity contribution in [2.75, 3.05) is 51.2 Å². The lowest BCUT2D eigenvalue weighted by atomic mass is 10.2. The molecule has 1 saturated heterocycles. The van der Waals surface area contributed by atoms with E-state index in [9.17, 15) is 4.79 Å². The van der Waals surface area contributed by atoms with E-state index in [2.05, 4.69) is 43.0 Å². The normalized spacial score (nSPS) is 14.8. The molecule has 0 aromatic carbocycles. The van der Waals surface area contributed by atoms with Crippen molar-refractivity contribution < 1.29 is 4.79 Å². The number of pyridine rings is 1. The van der Waals surface area contributed by atoms with Crippen LogP contribution in [0.15, 0.2) is 46.9 Å². The first-order valence-corrected chi connectivity index (χ1v) is 10.5. The van der Waals surface area contributed by atoms with Crippen LogP contribution in [-0.2, 0) is 11.2 Å². The third kappa shape index (κ3) is 5.95. The quantitative estimate of drug-likeness (QED) is 0.545. The summed E-state index contributed by atoms with van der Waals surface area (Å²) in [6.45, 7) is 4.53. The third-order valence-corrected chi connectivity index (χ3v) is 5.64. The van der Waals surface area contributed by atoms with Crippen LogP contribution in [0.2, 0.25) is 0 Å². The average Bonchev–Trinajstić information content (AvgIpc) is 3.27. The van der Waals surface area contributed by atoms with Crippen molar-refractivity contribution >= 4 is 29.0 Å². The number of carbonyl (C=O) groups excluding carboxylic acids is 1. The summed E-state index contributed by atoms with van der Waals surface area (Å²) in [6, 6.07) is 10.1. The Labute approximate surface area is 170 Å². The fourth-order valence-electron chi connectivity index (χ4n) is 3.15. The second kappa shape index (κ2) is 10.7. The SMILES string of the molecule is CN=C(NCCC(=O)N1CCN(c2ccccn2)CC1)NCCc1cccs1. The molecule has 0 radical (unpaired) electrons. The van der Waals surface area contributed by atoms with E-state index < -0.39 is 0 Å². The molecule has 1 aliphatic rings. The summed E-state index contributed by atoms with van der Waals surface area (Å²) >= 11 is 1.76. The second-order valence-electron chi connectivity index (χ2n) is 6.56. The van der Waals surface area contributed by atoms with Crippen LogP contribution in [0.4, 0.5) is 5.82 Å². The molecule has 7 nitrogen and oxygen atoms in total. The molecular weight excluding hydrogens is 372 g/mol. The Bertz CT molecular complexity index is 741. The number of hydrogen-bond donors (Lipinski definition) is 2. The predicted octanol–water partition coefficient (Wildman–Crippen LogP) is 1.59. The first kappa shape index (κ1) is 20.1. The summed E-state index contributed by atoms with van der Waals surface area (Å²) in [5.74, 6) is 1.90. The summed E-state index contributed by atoms with van der Waals surface area (Å²) in [7, 11) is 1.75. The van der Waals surface area contributed by atoms with Gasteiger partial charge in [-0.05, 0) is 30.0 Å². The molecule has 3 heterocycles. The fourth-order valence-corrected chi connectivity index (χ4v) is 3.86. The van der Waals surface area contributed by atoms with E-state index in [0.717, 1.165) is 50.9 Å². The maximum atomic E-state index is 12.5. The topological polar surface area (TPSA) is 72.9 Å². The molecule has 1 aliphatic heterocycles. The van der Waals surface area contributed by atoms with Crippen LogP contribution >= 0.6 is 11.3 Å². The second-order valence-corrected chi connectivity index (χ2v) is 7.59. The number of rotatable bonds is 7. The van der Waals surface area contributed by atoms with Crippen LogP contribution in [0.5, 0.6) is 0 Å². The maximum absolute atomic E-state index is 12.5. The van der Waals surface area contributed by atoms with Gasteiger partial charge in [0.25, 0.3) is 0 Å². The molecule has 0 aliphatic carbocycles. The van der Waals surface area contributed by atoms with Crippen molar-refractivity contribution in [2.45, 2.75) is 12.8 Å². The molecule has 2 aromatic rings. The van der Waals surface area contributed by atoms with Crippen molar-refractivity contribution in [1.29, 1.82) is 0 Å². The van der Waals surface area contributed by atoms with Crippen LogP contribution in [0.1, 0.15) is 11.3 Å².